The van der Waals surface area contributed by atoms with Crippen molar-refractivity contribution in [2.24, 2.45) is 0 Å². The Kier molecular flexibility index (Phi) is 11.1. The Morgan fingerprint density at radius 2 is 0.977 bits per heavy atom. The van der Waals surface area contributed by atoms with E-state index < -0.39 is 17.0 Å². The summed E-state index contributed by atoms with van der Waals surface area (Å²) < 4.78 is 5.55. The molecule has 8 heteroatoms. The van der Waals surface area contributed by atoms with E-state index in [0.29, 0.717) is 36.8 Å². The molecule has 43 heavy (non-hydrogen) atoms. The van der Waals surface area contributed by atoms with E-state index in [4.69, 9.17) is 4.74 Å². The first-order valence-electron chi connectivity index (χ1n) is 15.0. The summed E-state index contributed by atoms with van der Waals surface area (Å²) in [6, 6.07) is 27.3. The lowest BCUT2D eigenvalue weighted by atomic mass is 9.81. The zero-order chi connectivity index (χ0) is 30.5. The molecule has 3 aromatic carbocycles. The van der Waals surface area contributed by atoms with Crippen LogP contribution in [0.1, 0.15) is 90.5 Å². The van der Waals surface area contributed by atoms with Crippen molar-refractivity contribution < 1.29 is 29.0 Å². The maximum absolute atomic E-state index is 12.8. The van der Waals surface area contributed by atoms with E-state index in [1.54, 1.807) is 36.4 Å². The van der Waals surface area contributed by atoms with Gasteiger partial charge >= 0.3 is 11.9 Å². The molecule has 3 N–H and O–H groups in total. The lowest BCUT2D eigenvalue weighted by molar-refractivity contribution is -0.154. The number of nitrogens with one attached hydrogen (secondary N) is 2. The fourth-order valence-corrected chi connectivity index (χ4v) is 5.70. The molecule has 0 atom stereocenters. The van der Waals surface area contributed by atoms with E-state index in [-0.39, 0.29) is 24.4 Å². The van der Waals surface area contributed by atoms with Crippen LogP contribution in [0.4, 0.5) is 0 Å². The summed E-state index contributed by atoms with van der Waals surface area (Å²) in [5.74, 6) is -1.79. The van der Waals surface area contributed by atoms with E-state index >= 15 is 0 Å². The van der Waals surface area contributed by atoms with E-state index in [1.807, 2.05) is 54.6 Å². The third kappa shape index (κ3) is 8.53. The van der Waals surface area contributed by atoms with Crippen molar-refractivity contribution in [2.45, 2.75) is 81.9 Å². The number of carbonyl (C=O) groups excluding carboxylic acids is 3. The first kappa shape index (κ1) is 31.5. The van der Waals surface area contributed by atoms with Crippen molar-refractivity contribution in [2.75, 3.05) is 0 Å². The maximum atomic E-state index is 12.8. The maximum Gasteiger partial charge on any atom is 0.332 e. The molecule has 8 nitrogen and oxygen atoms in total. The van der Waals surface area contributed by atoms with Crippen molar-refractivity contribution in [3.63, 3.8) is 0 Å². The van der Waals surface area contributed by atoms with Gasteiger partial charge in [0.1, 0.15) is 17.7 Å². The Morgan fingerprint density at radius 1 is 0.581 bits per heavy atom. The van der Waals surface area contributed by atoms with Gasteiger partial charge in [-0.15, -0.1) is 0 Å². The molecule has 0 unspecified atom stereocenters. The number of carboxylic acids is 1. The van der Waals surface area contributed by atoms with Crippen LogP contribution >= 0.6 is 0 Å². The normalized spacial score (nSPS) is 16.8. The zero-order valence-corrected chi connectivity index (χ0v) is 24.4. The molecule has 0 aromatic heterocycles. The Morgan fingerprint density at radius 3 is 1.42 bits per heavy atom. The van der Waals surface area contributed by atoms with Crippen LogP contribution in [-0.2, 0) is 20.9 Å². The molecule has 0 bridgehead atoms. The molecule has 2 saturated carbocycles. The minimum Gasteiger partial charge on any atom is -0.480 e. The summed E-state index contributed by atoms with van der Waals surface area (Å²) in [5.41, 5.74) is 0.00805. The van der Waals surface area contributed by atoms with Crippen molar-refractivity contribution >= 4 is 23.8 Å². The smallest absolute Gasteiger partial charge is 0.332 e. The average Bonchev–Trinajstić information content (AvgIpc) is 3.06. The highest BCUT2D eigenvalue weighted by atomic mass is 16.5. The van der Waals surface area contributed by atoms with E-state index in [2.05, 4.69) is 10.6 Å². The number of amides is 2. The Labute approximate surface area is 252 Å². The van der Waals surface area contributed by atoms with Crippen LogP contribution < -0.4 is 10.6 Å². The number of ether oxygens (including phenoxy) is 1. The summed E-state index contributed by atoms with van der Waals surface area (Å²) >= 11 is 0. The summed E-state index contributed by atoms with van der Waals surface area (Å²) in [6.07, 6.45) is 7.92. The predicted molar refractivity (Wildman–Crippen MR) is 163 cm³/mol. The Hall–Kier alpha value is -4.46. The van der Waals surface area contributed by atoms with Gasteiger partial charge < -0.3 is 20.5 Å². The fourth-order valence-electron chi connectivity index (χ4n) is 5.70. The van der Waals surface area contributed by atoms with E-state index in [0.717, 1.165) is 44.1 Å². The summed E-state index contributed by atoms with van der Waals surface area (Å²) in [6.45, 7) is 0.225. The number of aliphatic carboxylic acids is 1. The second-order valence-corrected chi connectivity index (χ2v) is 11.3. The fraction of sp³-hybridized carbons (Fsp3) is 0.371. The van der Waals surface area contributed by atoms with Crippen LogP contribution in [-0.4, -0.2) is 39.9 Å². The molecule has 3 aromatic rings. The van der Waals surface area contributed by atoms with Gasteiger partial charge in [-0.25, -0.2) is 9.59 Å². The van der Waals surface area contributed by atoms with Gasteiger partial charge in [-0.3, -0.25) is 9.59 Å². The van der Waals surface area contributed by atoms with Crippen LogP contribution in [0, 0.1) is 0 Å². The van der Waals surface area contributed by atoms with Crippen molar-refractivity contribution in [3.8, 4) is 0 Å². The van der Waals surface area contributed by atoms with Gasteiger partial charge in [-0.1, -0.05) is 105 Å². The molecular formula is C35H40N2O6. The van der Waals surface area contributed by atoms with Gasteiger partial charge in [0.05, 0.1) is 0 Å². The minimum absolute atomic E-state index is 0.223. The molecule has 0 radical (unpaired) electrons. The van der Waals surface area contributed by atoms with Crippen LogP contribution in [0.25, 0.3) is 0 Å². The third-order valence-corrected chi connectivity index (χ3v) is 8.20. The molecule has 5 rings (SSSR count). The number of rotatable bonds is 8. The number of benzene rings is 3. The van der Waals surface area contributed by atoms with Crippen molar-refractivity contribution in [1.29, 1.82) is 0 Å². The molecule has 226 valence electrons. The minimum atomic E-state index is -1.08. The molecule has 2 aliphatic rings. The van der Waals surface area contributed by atoms with Crippen LogP contribution in [0.15, 0.2) is 91.0 Å². The molecule has 0 saturated heterocycles. The van der Waals surface area contributed by atoms with Gasteiger partial charge in [0.25, 0.3) is 11.8 Å². The third-order valence-electron chi connectivity index (χ3n) is 8.20. The van der Waals surface area contributed by atoms with Crippen LogP contribution in [0.2, 0.25) is 0 Å². The molecule has 2 amide bonds. The first-order chi connectivity index (χ1) is 20.8. The highest BCUT2D eigenvalue weighted by Crippen LogP contribution is 2.31. The average molecular weight is 585 g/mol. The summed E-state index contributed by atoms with van der Waals surface area (Å²) in [5, 5.41) is 15.1. The zero-order valence-electron chi connectivity index (χ0n) is 24.4. The summed E-state index contributed by atoms with van der Waals surface area (Å²) in [7, 11) is 0. The van der Waals surface area contributed by atoms with Crippen molar-refractivity contribution in [1.82, 2.24) is 10.6 Å². The molecular weight excluding hydrogens is 544 g/mol. The number of hydrogen-bond acceptors (Lipinski definition) is 5. The van der Waals surface area contributed by atoms with Gasteiger partial charge in [-0.2, -0.15) is 0 Å². The SMILES string of the molecule is O=C(NC1(C(=O)O)CCCCC1)c1ccccc1.O=C(NC1(C(=O)OCc2ccccc2)CCCCC1)c1ccccc1. The van der Waals surface area contributed by atoms with Gasteiger partial charge in [0, 0.05) is 11.1 Å². The Balaban J connectivity index is 0.000000208. The molecule has 2 fully saturated rings. The van der Waals surface area contributed by atoms with E-state index in [9.17, 15) is 24.3 Å². The lowest BCUT2D eigenvalue weighted by Gasteiger charge is -2.35. The van der Waals surface area contributed by atoms with Gasteiger partial charge in [-0.05, 0) is 55.5 Å². The first-order valence-corrected chi connectivity index (χ1v) is 15.0. The predicted octanol–water partition coefficient (Wildman–Crippen LogP) is 6.07. The second-order valence-electron chi connectivity index (χ2n) is 11.3. The standard InChI is InChI=1S/C21H23NO3.C14H17NO3/c23-19(18-12-6-2-7-13-18)22-21(14-8-3-9-15-21)20(24)25-16-17-10-4-1-5-11-17;16-12(11-7-3-1-4-8-11)15-14(13(17)18)9-5-2-6-10-14/h1-2,4-7,10-13H,3,8-9,14-16H2,(H,22,23);1,3-4,7-8H,2,5-6,9-10H2,(H,15,16)(H,17,18). The van der Waals surface area contributed by atoms with Gasteiger partial charge in [0.2, 0.25) is 0 Å². The highest BCUT2D eigenvalue weighted by molar-refractivity contribution is 5.98. The molecule has 0 heterocycles. The Bertz CT molecular complexity index is 1350. The molecule has 0 aliphatic heterocycles. The van der Waals surface area contributed by atoms with E-state index in [1.165, 1.54) is 0 Å². The lowest BCUT2D eigenvalue weighted by Crippen LogP contribution is -2.56. The summed E-state index contributed by atoms with van der Waals surface area (Å²) in [4.78, 5) is 48.9. The van der Waals surface area contributed by atoms with Crippen LogP contribution in [0.3, 0.4) is 0 Å². The molecule has 0 spiro atoms. The number of hydrogen-bond donors (Lipinski definition) is 3. The molecule has 2 aliphatic carbocycles. The van der Waals surface area contributed by atoms with Crippen molar-refractivity contribution in [3.05, 3.63) is 108 Å². The second kappa shape index (κ2) is 15.1. The topological polar surface area (TPSA) is 122 Å². The van der Waals surface area contributed by atoms with Crippen LogP contribution in [0.5, 0.6) is 0 Å². The number of carbonyl (C=O) groups is 4. The monoisotopic (exact) mass is 584 g/mol. The largest absolute Gasteiger partial charge is 0.480 e. The highest BCUT2D eigenvalue weighted by Gasteiger charge is 2.43. The quantitative estimate of drug-likeness (QED) is 0.277. The number of carboxylic acid groups (broad SMARTS) is 1. The number of esters is 1. The van der Waals surface area contributed by atoms with Gasteiger partial charge in [0.15, 0.2) is 0 Å².